The SMILES string of the molecule is CC(=O)Nc1cccc(NC(=O)CSc2nnc(NC(=O)C3(c4cccs4)CCCC3)s2)c1. The molecule has 3 amide bonds. The molecule has 8 nitrogen and oxygen atoms in total. The number of hydrogen-bond acceptors (Lipinski definition) is 8. The summed E-state index contributed by atoms with van der Waals surface area (Å²) < 4.78 is 0.601. The van der Waals surface area contributed by atoms with Crippen LogP contribution in [0.4, 0.5) is 16.5 Å². The van der Waals surface area contributed by atoms with Crippen molar-refractivity contribution in [2.45, 2.75) is 42.4 Å². The smallest absolute Gasteiger partial charge is 0.237 e. The molecule has 33 heavy (non-hydrogen) atoms. The fraction of sp³-hybridized carbons (Fsp3) is 0.318. The van der Waals surface area contributed by atoms with Gasteiger partial charge < -0.3 is 10.6 Å². The van der Waals surface area contributed by atoms with E-state index >= 15 is 0 Å². The number of amides is 3. The molecule has 0 spiro atoms. The molecule has 0 bridgehead atoms. The molecule has 0 radical (unpaired) electrons. The minimum absolute atomic E-state index is 0.0352. The Morgan fingerprint density at radius 2 is 1.79 bits per heavy atom. The summed E-state index contributed by atoms with van der Waals surface area (Å²) in [5, 5.41) is 19.1. The Labute approximate surface area is 203 Å². The summed E-state index contributed by atoms with van der Waals surface area (Å²) in [5.41, 5.74) is 0.714. The summed E-state index contributed by atoms with van der Waals surface area (Å²) in [7, 11) is 0. The van der Waals surface area contributed by atoms with E-state index in [9.17, 15) is 14.4 Å². The number of rotatable bonds is 8. The van der Waals surface area contributed by atoms with E-state index in [4.69, 9.17) is 0 Å². The zero-order valence-electron chi connectivity index (χ0n) is 17.9. The van der Waals surface area contributed by atoms with Crippen molar-refractivity contribution in [1.82, 2.24) is 10.2 Å². The van der Waals surface area contributed by atoms with Crippen LogP contribution in [0.1, 0.15) is 37.5 Å². The predicted octanol–water partition coefficient (Wildman–Crippen LogP) is 4.74. The van der Waals surface area contributed by atoms with Crippen LogP contribution in [0.2, 0.25) is 0 Å². The molecule has 1 aromatic carbocycles. The van der Waals surface area contributed by atoms with Crippen LogP contribution in [0.25, 0.3) is 0 Å². The highest BCUT2D eigenvalue weighted by molar-refractivity contribution is 8.01. The molecule has 0 saturated heterocycles. The molecule has 0 unspecified atom stereocenters. The van der Waals surface area contributed by atoms with E-state index in [1.807, 2.05) is 17.5 Å². The Kier molecular flexibility index (Phi) is 7.41. The molecule has 3 aromatic rings. The molecule has 4 rings (SSSR count). The minimum atomic E-state index is -0.487. The number of nitrogens with zero attached hydrogens (tertiary/aromatic N) is 2. The third kappa shape index (κ3) is 5.79. The Hall–Kier alpha value is -2.76. The molecular formula is C22H23N5O3S3. The summed E-state index contributed by atoms with van der Waals surface area (Å²) >= 11 is 4.13. The number of carbonyl (C=O) groups is 3. The number of nitrogens with one attached hydrogen (secondary N) is 3. The number of hydrogen-bond donors (Lipinski definition) is 3. The summed E-state index contributed by atoms with van der Waals surface area (Å²) in [6.07, 6.45) is 3.74. The first kappa shape index (κ1) is 23.4. The first-order chi connectivity index (χ1) is 15.9. The topological polar surface area (TPSA) is 113 Å². The van der Waals surface area contributed by atoms with Crippen molar-refractivity contribution in [2.75, 3.05) is 21.7 Å². The molecule has 1 fully saturated rings. The van der Waals surface area contributed by atoms with Crippen LogP contribution in [-0.4, -0.2) is 33.7 Å². The van der Waals surface area contributed by atoms with Gasteiger partial charge in [-0.25, -0.2) is 0 Å². The average molecular weight is 502 g/mol. The third-order valence-electron chi connectivity index (χ3n) is 5.30. The van der Waals surface area contributed by atoms with Crippen molar-refractivity contribution < 1.29 is 14.4 Å². The molecule has 11 heteroatoms. The van der Waals surface area contributed by atoms with Crippen LogP contribution in [0.15, 0.2) is 46.1 Å². The molecule has 1 aliphatic carbocycles. The monoisotopic (exact) mass is 501 g/mol. The molecule has 0 atom stereocenters. The summed E-state index contributed by atoms with van der Waals surface area (Å²) in [4.78, 5) is 37.7. The molecule has 2 heterocycles. The van der Waals surface area contributed by atoms with Crippen LogP contribution in [0, 0.1) is 0 Å². The second kappa shape index (κ2) is 10.4. The maximum atomic E-state index is 13.1. The Morgan fingerprint density at radius 1 is 1.03 bits per heavy atom. The second-order valence-corrected chi connectivity index (χ2v) is 10.8. The molecule has 172 valence electrons. The van der Waals surface area contributed by atoms with Crippen LogP contribution in [-0.2, 0) is 19.8 Å². The number of thiophene rings is 1. The maximum Gasteiger partial charge on any atom is 0.237 e. The zero-order chi connectivity index (χ0) is 23.3. The largest absolute Gasteiger partial charge is 0.326 e. The number of carbonyl (C=O) groups excluding carboxylic acids is 3. The second-order valence-electron chi connectivity index (χ2n) is 7.69. The first-order valence-electron chi connectivity index (χ1n) is 10.4. The Bertz CT molecular complexity index is 1140. The lowest BCUT2D eigenvalue weighted by atomic mass is 9.83. The van der Waals surface area contributed by atoms with Crippen molar-refractivity contribution >= 4 is 68.7 Å². The van der Waals surface area contributed by atoms with Crippen LogP contribution in [0.5, 0.6) is 0 Å². The molecule has 2 aromatic heterocycles. The number of thioether (sulfide) groups is 1. The first-order valence-corrected chi connectivity index (χ1v) is 13.1. The van der Waals surface area contributed by atoms with Gasteiger partial charge in [-0.05, 0) is 42.5 Å². The zero-order valence-corrected chi connectivity index (χ0v) is 20.4. The van der Waals surface area contributed by atoms with Crippen molar-refractivity contribution in [3.8, 4) is 0 Å². The molecule has 3 N–H and O–H groups in total. The highest BCUT2D eigenvalue weighted by atomic mass is 32.2. The van der Waals surface area contributed by atoms with E-state index in [2.05, 4.69) is 26.1 Å². The number of aromatic nitrogens is 2. The summed E-state index contributed by atoms with van der Waals surface area (Å²) in [5.74, 6) is -0.274. The van der Waals surface area contributed by atoms with Crippen LogP contribution in [0.3, 0.4) is 0 Å². The van der Waals surface area contributed by atoms with Gasteiger partial charge in [-0.1, -0.05) is 48.1 Å². The Morgan fingerprint density at radius 3 is 2.48 bits per heavy atom. The van der Waals surface area contributed by atoms with Gasteiger partial charge in [0.25, 0.3) is 0 Å². The predicted molar refractivity (Wildman–Crippen MR) is 133 cm³/mol. The standard InChI is InChI=1S/C22H23N5O3S3/c1-14(28)23-15-6-4-7-16(12-15)24-18(29)13-32-21-27-26-20(33-21)25-19(30)22(9-2-3-10-22)17-8-5-11-31-17/h4-8,11-12H,2-3,9-10,13H2,1H3,(H,23,28)(H,24,29)(H,25,26,30). The fourth-order valence-corrected chi connectivity index (χ4v) is 6.38. The highest BCUT2D eigenvalue weighted by Crippen LogP contribution is 2.44. The average Bonchev–Trinajstić information content (AvgIpc) is 3.53. The van der Waals surface area contributed by atoms with E-state index in [0.29, 0.717) is 20.8 Å². The minimum Gasteiger partial charge on any atom is -0.326 e. The van der Waals surface area contributed by atoms with Crippen molar-refractivity contribution in [3.63, 3.8) is 0 Å². The number of anilines is 3. The molecular weight excluding hydrogens is 478 g/mol. The van der Waals surface area contributed by atoms with Gasteiger partial charge in [-0.2, -0.15) is 0 Å². The van der Waals surface area contributed by atoms with Gasteiger partial charge in [-0.3, -0.25) is 19.7 Å². The van der Waals surface area contributed by atoms with E-state index < -0.39 is 5.41 Å². The van der Waals surface area contributed by atoms with Gasteiger partial charge in [0, 0.05) is 23.2 Å². The summed E-state index contributed by atoms with van der Waals surface area (Å²) in [6.45, 7) is 1.43. The molecule has 1 aliphatic rings. The van der Waals surface area contributed by atoms with Crippen molar-refractivity contribution in [1.29, 1.82) is 0 Å². The van der Waals surface area contributed by atoms with Gasteiger partial charge in [-0.15, -0.1) is 21.5 Å². The van der Waals surface area contributed by atoms with Gasteiger partial charge >= 0.3 is 0 Å². The van der Waals surface area contributed by atoms with Gasteiger partial charge in [0.2, 0.25) is 22.9 Å². The van der Waals surface area contributed by atoms with Gasteiger partial charge in [0.1, 0.15) is 0 Å². The van der Waals surface area contributed by atoms with E-state index in [1.54, 1.807) is 35.6 Å². The van der Waals surface area contributed by atoms with Gasteiger partial charge in [0.15, 0.2) is 4.34 Å². The van der Waals surface area contributed by atoms with E-state index in [0.717, 1.165) is 30.6 Å². The van der Waals surface area contributed by atoms with Crippen LogP contribution >= 0.6 is 34.4 Å². The van der Waals surface area contributed by atoms with Crippen molar-refractivity contribution in [3.05, 3.63) is 46.7 Å². The lowest BCUT2D eigenvalue weighted by Gasteiger charge is -2.25. The van der Waals surface area contributed by atoms with Crippen LogP contribution < -0.4 is 16.0 Å². The third-order valence-corrected chi connectivity index (χ3v) is 8.35. The number of benzene rings is 1. The molecule has 1 saturated carbocycles. The fourth-order valence-electron chi connectivity index (χ4n) is 3.85. The molecule has 0 aliphatic heterocycles. The lowest BCUT2D eigenvalue weighted by molar-refractivity contribution is -0.121. The summed E-state index contributed by atoms with van der Waals surface area (Å²) in [6, 6.07) is 10.9. The van der Waals surface area contributed by atoms with Crippen molar-refractivity contribution in [2.24, 2.45) is 0 Å². The highest BCUT2D eigenvalue weighted by Gasteiger charge is 2.43. The van der Waals surface area contributed by atoms with E-state index in [-0.39, 0.29) is 23.5 Å². The van der Waals surface area contributed by atoms with Gasteiger partial charge in [0.05, 0.1) is 11.2 Å². The normalized spacial score (nSPS) is 14.6. The quantitative estimate of drug-likeness (QED) is 0.304. The Balaban J connectivity index is 1.31. The van der Waals surface area contributed by atoms with E-state index in [1.165, 1.54) is 30.0 Å². The lowest BCUT2D eigenvalue weighted by Crippen LogP contribution is -2.37. The maximum absolute atomic E-state index is 13.1.